The minimum atomic E-state index is -4.06. The van der Waals surface area contributed by atoms with E-state index in [2.05, 4.69) is 0 Å². The number of hydrogen-bond acceptors (Lipinski definition) is 5. The molecule has 0 aliphatic rings. The predicted octanol–water partition coefficient (Wildman–Crippen LogP) is 2.50. The van der Waals surface area contributed by atoms with Crippen molar-refractivity contribution in [1.29, 1.82) is 0 Å². The topological polar surface area (TPSA) is 104 Å². The van der Waals surface area contributed by atoms with E-state index >= 15 is 0 Å². The molecule has 0 aliphatic carbocycles. The molecule has 0 bridgehead atoms. The molecule has 3 rings (SSSR count). The number of imidazole rings is 1. The van der Waals surface area contributed by atoms with Crippen molar-refractivity contribution in [3.05, 3.63) is 92.1 Å². The molecule has 1 heterocycles. The Morgan fingerprint density at radius 2 is 1.77 bits per heavy atom. The van der Waals surface area contributed by atoms with Gasteiger partial charge in [-0.1, -0.05) is 23.7 Å². The normalized spacial score (nSPS) is 11.4. The fourth-order valence-electron chi connectivity index (χ4n) is 2.38. The average molecular weight is 394 g/mol. The van der Waals surface area contributed by atoms with E-state index in [0.29, 0.717) is 14.6 Å². The maximum atomic E-state index is 12.6. The summed E-state index contributed by atoms with van der Waals surface area (Å²) in [4.78, 5) is 22.7. The van der Waals surface area contributed by atoms with Gasteiger partial charge in [-0.15, -0.1) is 0 Å². The molecule has 8 nitrogen and oxygen atoms in total. The zero-order valence-electron chi connectivity index (χ0n) is 13.1. The molecule has 0 radical (unpaired) electrons. The predicted molar refractivity (Wildman–Crippen MR) is 94.9 cm³/mol. The number of halogens is 1. The van der Waals surface area contributed by atoms with Crippen molar-refractivity contribution in [3.63, 3.8) is 0 Å². The van der Waals surface area contributed by atoms with E-state index in [4.69, 9.17) is 11.6 Å². The highest BCUT2D eigenvalue weighted by Gasteiger charge is 2.20. The number of aromatic nitrogens is 2. The molecule has 0 spiro atoms. The van der Waals surface area contributed by atoms with Gasteiger partial charge in [0.25, 0.3) is 15.7 Å². The van der Waals surface area contributed by atoms with Crippen molar-refractivity contribution < 1.29 is 13.3 Å². The third-order valence-electron chi connectivity index (χ3n) is 3.66. The van der Waals surface area contributed by atoms with Gasteiger partial charge in [0, 0.05) is 29.5 Å². The molecule has 10 heteroatoms. The number of non-ortho nitro benzene ring substituents is 1. The van der Waals surface area contributed by atoms with Gasteiger partial charge in [-0.25, -0.2) is 13.2 Å². The number of hydrogen-bond donors (Lipinski definition) is 0. The van der Waals surface area contributed by atoms with E-state index in [9.17, 15) is 23.3 Å². The molecule has 2 aromatic carbocycles. The van der Waals surface area contributed by atoms with Crippen LogP contribution in [0.25, 0.3) is 0 Å². The van der Waals surface area contributed by atoms with Gasteiger partial charge in [0.1, 0.15) is 0 Å². The van der Waals surface area contributed by atoms with Gasteiger partial charge >= 0.3 is 5.69 Å². The molecule has 0 unspecified atom stereocenters. The second-order valence-electron chi connectivity index (χ2n) is 5.39. The van der Waals surface area contributed by atoms with Gasteiger partial charge in [-0.05, 0) is 29.8 Å². The number of nitrogens with zero attached hydrogens (tertiary/aromatic N) is 3. The molecule has 1 aromatic heterocycles. The van der Waals surface area contributed by atoms with Crippen LogP contribution in [-0.2, 0) is 16.6 Å². The smallest absolute Gasteiger partial charge is 0.294 e. The van der Waals surface area contributed by atoms with Crippen LogP contribution in [-0.4, -0.2) is 21.9 Å². The molecule has 26 heavy (non-hydrogen) atoms. The quantitative estimate of drug-likeness (QED) is 0.489. The second kappa shape index (κ2) is 6.77. The van der Waals surface area contributed by atoms with Gasteiger partial charge in [-0.2, -0.15) is 3.97 Å². The first-order chi connectivity index (χ1) is 12.3. The number of rotatable bonds is 5. The zero-order chi connectivity index (χ0) is 18.9. The van der Waals surface area contributed by atoms with E-state index in [-0.39, 0.29) is 17.1 Å². The Kier molecular flexibility index (Phi) is 4.66. The fourth-order valence-corrected chi connectivity index (χ4v) is 3.74. The number of nitro groups is 1. The fraction of sp³-hybridized carbons (Fsp3) is 0.0625. The lowest BCUT2D eigenvalue weighted by Crippen LogP contribution is -2.29. The Morgan fingerprint density at radius 1 is 1.08 bits per heavy atom. The standard InChI is InChI=1S/C16H12ClN3O5S/c17-13-4-6-15(7-5-13)26(24,25)19-9-8-18(16(19)21)11-12-2-1-3-14(10-12)20(22)23/h1-10H,11H2. The molecule has 3 aromatic rings. The summed E-state index contributed by atoms with van der Waals surface area (Å²) in [7, 11) is -4.06. The van der Waals surface area contributed by atoms with Crippen LogP contribution in [0.15, 0.2) is 70.6 Å². The van der Waals surface area contributed by atoms with Crippen LogP contribution in [0, 0.1) is 10.1 Å². The van der Waals surface area contributed by atoms with Crippen molar-refractivity contribution in [2.75, 3.05) is 0 Å². The molecule has 0 amide bonds. The van der Waals surface area contributed by atoms with Crippen molar-refractivity contribution >= 4 is 27.3 Å². The molecule has 0 N–H and O–H groups in total. The van der Waals surface area contributed by atoms with Crippen molar-refractivity contribution in [3.8, 4) is 0 Å². The molecule has 0 atom stereocenters. The molecule has 0 saturated heterocycles. The van der Waals surface area contributed by atoms with Crippen LogP contribution in [0.1, 0.15) is 5.56 Å². The lowest BCUT2D eigenvalue weighted by molar-refractivity contribution is -0.384. The molecular weight excluding hydrogens is 382 g/mol. The van der Waals surface area contributed by atoms with E-state index in [1.807, 2.05) is 0 Å². The van der Waals surface area contributed by atoms with Crippen LogP contribution >= 0.6 is 11.6 Å². The molecule has 0 aliphatic heterocycles. The Bertz CT molecular complexity index is 1130. The van der Waals surface area contributed by atoms with Crippen LogP contribution in [0.2, 0.25) is 5.02 Å². The first-order valence-electron chi connectivity index (χ1n) is 7.31. The van der Waals surface area contributed by atoms with Crippen molar-refractivity contribution in [2.24, 2.45) is 0 Å². The highest BCUT2D eigenvalue weighted by Crippen LogP contribution is 2.17. The summed E-state index contributed by atoms with van der Waals surface area (Å²) in [5, 5.41) is 11.2. The summed E-state index contributed by atoms with van der Waals surface area (Å²) in [5.74, 6) is 0. The summed E-state index contributed by atoms with van der Waals surface area (Å²) in [5.41, 5.74) is -0.377. The first-order valence-corrected chi connectivity index (χ1v) is 9.13. The van der Waals surface area contributed by atoms with E-state index in [1.165, 1.54) is 48.7 Å². The maximum Gasteiger partial charge on any atom is 0.342 e. The third-order valence-corrected chi connectivity index (χ3v) is 5.58. The monoisotopic (exact) mass is 393 g/mol. The molecule has 0 saturated carbocycles. The van der Waals surface area contributed by atoms with Gasteiger partial charge in [0.05, 0.1) is 16.4 Å². The van der Waals surface area contributed by atoms with E-state index < -0.39 is 20.6 Å². The minimum absolute atomic E-state index is 0.00362. The van der Waals surface area contributed by atoms with Gasteiger partial charge in [0.2, 0.25) is 0 Å². The van der Waals surface area contributed by atoms with Crippen molar-refractivity contribution in [2.45, 2.75) is 11.4 Å². The van der Waals surface area contributed by atoms with Crippen LogP contribution in [0.5, 0.6) is 0 Å². The molecule has 134 valence electrons. The summed E-state index contributed by atoms with van der Waals surface area (Å²) in [6.07, 6.45) is 2.46. The molecular formula is C16H12ClN3O5S. The largest absolute Gasteiger partial charge is 0.342 e. The van der Waals surface area contributed by atoms with E-state index in [0.717, 1.165) is 10.8 Å². The maximum absolute atomic E-state index is 12.6. The summed E-state index contributed by atoms with van der Waals surface area (Å²) in [6.45, 7) is 0.00362. The Balaban J connectivity index is 1.96. The van der Waals surface area contributed by atoms with Gasteiger partial charge in [0.15, 0.2) is 0 Å². The number of nitro benzene ring substituents is 1. The summed E-state index contributed by atoms with van der Waals surface area (Å²) in [6, 6.07) is 11.2. The van der Waals surface area contributed by atoms with Crippen LogP contribution in [0.4, 0.5) is 5.69 Å². The first kappa shape index (κ1) is 17.9. The van der Waals surface area contributed by atoms with Crippen LogP contribution < -0.4 is 5.69 Å². The van der Waals surface area contributed by atoms with Crippen molar-refractivity contribution in [1.82, 2.24) is 8.54 Å². The lowest BCUT2D eigenvalue weighted by Gasteiger charge is -2.05. The Morgan fingerprint density at radius 3 is 2.42 bits per heavy atom. The SMILES string of the molecule is O=c1n(Cc2cccc([N+](=O)[O-])c2)ccn1S(=O)(=O)c1ccc(Cl)cc1. The highest BCUT2D eigenvalue weighted by atomic mass is 35.5. The Hall–Kier alpha value is -2.91. The Labute approximate surface area is 153 Å². The van der Waals surface area contributed by atoms with Gasteiger partial charge in [-0.3, -0.25) is 14.7 Å². The zero-order valence-corrected chi connectivity index (χ0v) is 14.7. The molecule has 0 fully saturated rings. The number of benzene rings is 2. The lowest BCUT2D eigenvalue weighted by atomic mass is 10.2. The average Bonchev–Trinajstić information content (AvgIpc) is 2.97. The minimum Gasteiger partial charge on any atom is -0.294 e. The third kappa shape index (κ3) is 3.39. The highest BCUT2D eigenvalue weighted by molar-refractivity contribution is 7.90. The van der Waals surface area contributed by atoms with E-state index in [1.54, 1.807) is 6.07 Å². The van der Waals surface area contributed by atoms with Gasteiger partial charge < -0.3 is 0 Å². The van der Waals surface area contributed by atoms with Crippen LogP contribution in [0.3, 0.4) is 0 Å². The summed E-state index contributed by atoms with van der Waals surface area (Å²) >= 11 is 5.75. The second-order valence-corrected chi connectivity index (χ2v) is 7.64. The summed E-state index contributed by atoms with van der Waals surface area (Å²) < 4.78 is 27.0.